The first-order valence-electron chi connectivity index (χ1n) is 8.13. The monoisotopic (exact) mass is 354 g/mol. The van der Waals surface area contributed by atoms with Crippen LogP contribution >= 0.6 is 0 Å². The molecule has 2 atom stereocenters. The van der Waals surface area contributed by atoms with Crippen molar-refractivity contribution in [2.24, 2.45) is 5.73 Å². The molecule has 3 N–H and O–H groups in total. The van der Waals surface area contributed by atoms with Gasteiger partial charge in [-0.15, -0.1) is 0 Å². The zero-order valence-corrected chi connectivity index (χ0v) is 13.9. The van der Waals surface area contributed by atoms with Crippen LogP contribution in [0.1, 0.15) is 22.7 Å². The van der Waals surface area contributed by atoms with E-state index in [2.05, 4.69) is 10.4 Å². The van der Waals surface area contributed by atoms with Crippen molar-refractivity contribution in [1.82, 2.24) is 9.78 Å². The molecule has 1 amide bonds. The van der Waals surface area contributed by atoms with E-state index in [0.717, 1.165) is 0 Å². The highest BCUT2D eigenvalue weighted by molar-refractivity contribution is 5.99. The number of nitrogens with zero attached hydrogens (tertiary/aromatic N) is 2. The van der Waals surface area contributed by atoms with Gasteiger partial charge in [0.1, 0.15) is 23.1 Å². The molecule has 5 nitrogen and oxygen atoms in total. The standard InChI is InChI=1S/C19H16F2N4O/c1-10-15-16(11-6-8-12(20)9-7-11)17(22)19(26)23-18(15)25(24-10)14-5-3-2-4-13(14)21/h2-9,16-17H,22H2,1H3,(H,23,26)/t16-,17-/m0/s1. The van der Waals surface area contributed by atoms with Crippen LogP contribution in [0, 0.1) is 18.6 Å². The number of amides is 1. The summed E-state index contributed by atoms with van der Waals surface area (Å²) in [5, 5.41) is 7.15. The number of fused-ring (bicyclic) bond motifs is 1. The summed E-state index contributed by atoms with van der Waals surface area (Å²) in [6.07, 6.45) is 0. The molecule has 1 aliphatic heterocycles. The average Bonchev–Trinajstić information content (AvgIpc) is 2.94. The van der Waals surface area contributed by atoms with Crippen molar-refractivity contribution in [3.63, 3.8) is 0 Å². The zero-order chi connectivity index (χ0) is 18.4. The van der Waals surface area contributed by atoms with Crippen LogP contribution in [0.3, 0.4) is 0 Å². The Balaban J connectivity index is 1.93. The average molecular weight is 354 g/mol. The second-order valence-corrected chi connectivity index (χ2v) is 6.26. The minimum absolute atomic E-state index is 0.227. The Morgan fingerprint density at radius 1 is 1.12 bits per heavy atom. The number of anilines is 1. The van der Waals surface area contributed by atoms with E-state index in [1.807, 2.05) is 0 Å². The number of nitrogens with two attached hydrogens (primary N) is 1. The van der Waals surface area contributed by atoms with Crippen LogP contribution in [-0.4, -0.2) is 21.7 Å². The number of rotatable bonds is 2. The van der Waals surface area contributed by atoms with E-state index in [1.165, 1.54) is 22.9 Å². The third kappa shape index (κ3) is 2.48. The molecule has 132 valence electrons. The van der Waals surface area contributed by atoms with Gasteiger partial charge in [-0.05, 0) is 36.8 Å². The van der Waals surface area contributed by atoms with Gasteiger partial charge in [0.05, 0.1) is 11.7 Å². The van der Waals surface area contributed by atoms with Crippen LogP contribution in [-0.2, 0) is 4.79 Å². The third-order valence-corrected chi connectivity index (χ3v) is 4.63. The van der Waals surface area contributed by atoms with Gasteiger partial charge in [0.25, 0.3) is 0 Å². The number of nitrogens with one attached hydrogen (secondary N) is 1. The van der Waals surface area contributed by atoms with Crippen molar-refractivity contribution in [3.05, 3.63) is 77.0 Å². The minimum Gasteiger partial charge on any atom is -0.319 e. The van der Waals surface area contributed by atoms with E-state index in [-0.39, 0.29) is 11.5 Å². The first-order chi connectivity index (χ1) is 12.5. The van der Waals surface area contributed by atoms with Gasteiger partial charge >= 0.3 is 0 Å². The van der Waals surface area contributed by atoms with Crippen LogP contribution in [0.5, 0.6) is 0 Å². The molecule has 2 heterocycles. The Morgan fingerprint density at radius 2 is 1.81 bits per heavy atom. The molecule has 0 saturated carbocycles. The fourth-order valence-electron chi connectivity index (χ4n) is 3.40. The minimum atomic E-state index is -0.857. The Hall–Kier alpha value is -3.06. The highest BCUT2D eigenvalue weighted by Crippen LogP contribution is 2.40. The van der Waals surface area contributed by atoms with Crippen LogP contribution in [0.4, 0.5) is 14.6 Å². The topological polar surface area (TPSA) is 72.9 Å². The van der Waals surface area contributed by atoms with Gasteiger partial charge in [-0.25, -0.2) is 13.5 Å². The van der Waals surface area contributed by atoms with Gasteiger partial charge in [0.2, 0.25) is 5.91 Å². The summed E-state index contributed by atoms with van der Waals surface area (Å²) in [5.41, 5.74) is 8.38. The molecule has 1 aromatic heterocycles. The van der Waals surface area contributed by atoms with Gasteiger partial charge in [-0.2, -0.15) is 5.10 Å². The molecule has 0 saturated heterocycles. The van der Waals surface area contributed by atoms with Crippen molar-refractivity contribution in [1.29, 1.82) is 0 Å². The molecule has 0 aliphatic carbocycles. The van der Waals surface area contributed by atoms with Crippen LogP contribution in [0.25, 0.3) is 5.69 Å². The summed E-state index contributed by atoms with van der Waals surface area (Å²) in [6, 6.07) is 11.2. The summed E-state index contributed by atoms with van der Waals surface area (Å²) in [4.78, 5) is 12.4. The van der Waals surface area contributed by atoms with Gasteiger partial charge in [-0.3, -0.25) is 4.79 Å². The lowest BCUT2D eigenvalue weighted by molar-refractivity contribution is -0.118. The Kier molecular flexibility index (Phi) is 3.81. The first kappa shape index (κ1) is 16.4. The normalized spacial score (nSPS) is 19.2. The maximum absolute atomic E-state index is 14.3. The molecule has 0 radical (unpaired) electrons. The highest BCUT2D eigenvalue weighted by Gasteiger charge is 2.39. The number of para-hydroxylation sites is 1. The molecule has 7 heteroatoms. The number of hydrogen-bond acceptors (Lipinski definition) is 3. The molecule has 26 heavy (non-hydrogen) atoms. The molecule has 4 rings (SSSR count). The third-order valence-electron chi connectivity index (χ3n) is 4.63. The molecule has 0 unspecified atom stereocenters. The molecule has 0 spiro atoms. The lowest BCUT2D eigenvalue weighted by Gasteiger charge is -2.29. The van der Waals surface area contributed by atoms with Gasteiger partial charge in [0.15, 0.2) is 0 Å². The van der Waals surface area contributed by atoms with E-state index in [9.17, 15) is 13.6 Å². The van der Waals surface area contributed by atoms with Crippen molar-refractivity contribution in [2.45, 2.75) is 18.9 Å². The van der Waals surface area contributed by atoms with Gasteiger partial charge < -0.3 is 11.1 Å². The summed E-state index contributed by atoms with van der Waals surface area (Å²) in [6.45, 7) is 1.77. The van der Waals surface area contributed by atoms with Crippen molar-refractivity contribution in [3.8, 4) is 5.69 Å². The highest BCUT2D eigenvalue weighted by atomic mass is 19.1. The quantitative estimate of drug-likeness (QED) is 0.743. The van der Waals surface area contributed by atoms with E-state index in [1.54, 1.807) is 37.3 Å². The number of aryl methyl sites for hydroxylation is 1. The molecule has 2 aromatic carbocycles. The first-order valence-corrected chi connectivity index (χ1v) is 8.13. The molecular formula is C19H16F2N4O. The maximum atomic E-state index is 14.3. The molecule has 1 aliphatic rings. The smallest absolute Gasteiger partial charge is 0.243 e. The maximum Gasteiger partial charge on any atom is 0.243 e. The lowest BCUT2D eigenvalue weighted by Crippen LogP contribution is -2.45. The number of benzene rings is 2. The fraction of sp³-hybridized carbons (Fsp3) is 0.158. The molecule has 0 bridgehead atoms. The summed E-state index contributed by atoms with van der Waals surface area (Å²) in [7, 11) is 0. The molecule has 0 fully saturated rings. The summed E-state index contributed by atoms with van der Waals surface area (Å²) in [5.74, 6) is -1.35. The van der Waals surface area contributed by atoms with Crippen LogP contribution in [0.15, 0.2) is 48.5 Å². The van der Waals surface area contributed by atoms with Gasteiger partial charge in [0, 0.05) is 11.5 Å². The Morgan fingerprint density at radius 3 is 2.50 bits per heavy atom. The Labute approximate surface area is 148 Å². The fourth-order valence-corrected chi connectivity index (χ4v) is 3.40. The summed E-state index contributed by atoms with van der Waals surface area (Å²) < 4.78 is 28.9. The largest absolute Gasteiger partial charge is 0.319 e. The second kappa shape index (κ2) is 6.03. The van der Waals surface area contributed by atoms with Crippen LogP contribution in [0.2, 0.25) is 0 Å². The number of hydrogen-bond donors (Lipinski definition) is 2. The molecule has 3 aromatic rings. The lowest BCUT2D eigenvalue weighted by atomic mass is 9.82. The SMILES string of the molecule is Cc1nn(-c2ccccc2F)c2c1[C@H](c1ccc(F)cc1)[C@H](N)C(=O)N2. The number of halogens is 2. The van der Waals surface area contributed by atoms with Crippen LogP contribution < -0.4 is 11.1 Å². The predicted octanol–water partition coefficient (Wildman–Crippen LogP) is 2.87. The summed E-state index contributed by atoms with van der Waals surface area (Å²) >= 11 is 0. The number of carbonyl (C=O) groups is 1. The van der Waals surface area contributed by atoms with Crippen molar-refractivity contribution < 1.29 is 13.6 Å². The second-order valence-electron chi connectivity index (χ2n) is 6.26. The van der Waals surface area contributed by atoms with Crippen molar-refractivity contribution in [2.75, 3.05) is 5.32 Å². The predicted molar refractivity (Wildman–Crippen MR) is 93.1 cm³/mol. The number of carbonyl (C=O) groups excluding carboxylic acids is 1. The number of aromatic nitrogens is 2. The van der Waals surface area contributed by atoms with E-state index < -0.39 is 23.7 Å². The van der Waals surface area contributed by atoms with Crippen molar-refractivity contribution >= 4 is 11.7 Å². The van der Waals surface area contributed by atoms with E-state index in [0.29, 0.717) is 22.6 Å². The molecular weight excluding hydrogens is 338 g/mol. The van der Waals surface area contributed by atoms with E-state index in [4.69, 9.17) is 5.73 Å². The van der Waals surface area contributed by atoms with Gasteiger partial charge in [-0.1, -0.05) is 24.3 Å². The zero-order valence-electron chi connectivity index (χ0n) is 13.9. The van der Waals surface area contributed by atoms with E-state index >= 15 is 0 Å². The Bertz CT molecular complexity index is 997.